The zero-order valence-electron chi connectivity index (χ0n) is 10.9. The molecule has 0 aliphatic carbocycles. The van der Waals surface area contributed by atoms with E-state index in [0.29, 0.717) is 0 Å². The van der Waals surface area contributed by atoms with Gasteiger partial charge in [0, 0.05) is 7.05 Å². The van der Waals surface area contributed by atoms with Crippen LogP contribution in [0.15, 0.2) is 28.9 Å². The van der Waals surface area contributed by atoms with Crippen LogP contribution in [-0.2, 0) is 7.05 Å². The average molecular weight is 328 g/mol. The molecule has 1 aromatic carbocycles. The minimum absolute atomic E-state index is 0.151. The van der Waals surface area contributed by atoms with Gasteiger partial charge >= 0.3 is 0 Å². The van der Waals surface area contributed by atoms with Crippen molar-refractivity contribution in [3.63, 3.8) is 0 Å². The Balaban J connectivity index is 2.46. The molecule has 1 heterocycles. The maximum absolute atomic E-state index is 13.8. The van der Waals surface area contributed by atoms with E-state index in [-0.39, 0.29) is 17.6 Å². The molecule has 0 radical (unpaired) electrons. The van der Waals surface area contributed by atoms with Crippen LogP contribution in [0.1, 0.15) is 17.3 Å². The van der Waals surface area contributed by atoms with Crippen LogP contribution >= 0.6 is 15.9 Å². The quantitative estimate of drug-likeness (QED) is 0.938. The Kier molecular flexibility index (Phi) is 4.21. The van der Waals surface area contributed by atoms with E-state index in [1.807, 2.05) is 20.2 Å². The molecule has 19 heavy (non-hydrogen) atoms. The van der Waals surface area contributed by atoms with Gasteiger partial charge in [-0.3, -0.25) is 4.68 Å². The van der Waals surface area contributed by atoms with E-state index in [9.17, 15) is 4.39 Å². The minimum atomic E-state index is -0.376. The number of nitrogens with one attached hydrogen (secondary N) is 1. The highest BCUT2D eigenvalue weighted by Crippen LogP contribution is 2.30. The SMILES string of the molecule is CNC(c1ccc(OC)c(F)c1)c1c(Br)cnn1C. The Morgan fingerprint density at radius 3 is 2.68 bits per heavy atom. The third-order valence-corrected chi connectivity index (χ3v) is 3.62. The molecule has 4 nitrogen and oxygen atoms in total. The van der Waals surface area contributed by atoms with Gasteiger partial charge in [-0.15, -0.1) is 0 Å². The van der Waals surface area contributed by atoms with Gasteiger partial charge in [0.15, 0.2) is 11.6 Å². The van der Waals surface area contributed by atoms with Gasteiger partial charge in [-0.25, -0.2) is 4.39 Å². The van der Waals surface area contributed by atoms with Crippen molar-refractivity contribution in [2.45, 2.75) is 6.04 Å². The van der Waals surface area contributed by atoms with Crippen LogP contribution in [0.5, 0.6) is 5.75 Å². The van der Waals surface area contributed by atoms with Crippen molar-refractivity contribution in [1.29, 1.82) is 0 Å². The Bertz CT molecular complexity index is 566. The predicted molar refractivity (Wildman–Crippen MR) is 74.8 cm³/mol. The zero-order valence-corrected chi connectivity index (χ0v) is 12.5. The average Bonchev–Trinajstić information content (AvgIpc) is 2.72. The summed E-state index contributed by atoms with van der Waals surface area (Å²) in [5.41, 5.74) is 1.75. The first-order chi connectivity index (χ1) is 9.08. The third-order valence-electron chi connectivity index (χ3n) is 3.01. The molecular weight excluding hydrogens is 313 g/mol. The summed E-state index contributed by atoms with van der Waals surface area (Å²) in [4.78, 5) is 0. The van der Waals surface area contributed by atoms with Crippen LogP contribution in [0.3, 0.4) is 0 Å². The molecule has 0 saturated carbocycles. The van der Waals surface area contributed by atoms with E-state index in [1.54, 1.807) is 16.9 Å². The van der Waals surface area contributed by atoms with Gasteiger partial charge in [0.2, 0.25) is 0 Å². The summed E-state index contributed by atoms with van der Waals surface area (Å²) < 4.78 is 21.4. The van der Waals surface area contributed by atoms with E-state index in [0.717, 1.165) is 15.7 Å². The minimum Gasteiger partial charge on any atom is -0.494 e. The van der Waals surface area contributed by atoms with Crippen LogP contribution < -0.4 is 10.1 Å². The number of rotatable bonds is 4. The van der Waals surface area contributed by atoms with Crippen molar-refractivity contribution >= 4 is 15.9 Å². The lowest BCUT2D eigenvalue weighted by atomic mass is 10.0. The van der Waals surface area contributed by atoms with E-state index < -0.39 is 0 Å². The second kappa shape index (κ2) is 5.71. The molecule has 0 bridgehead atoms. The summed E-state index contributed by atoms with van der Waals surface area (Å²) in [5, 5.41) is 7.35. The van der Waals surface area contributed by atoms with Crippen molar-refractivity contribution in [2.24, 2.45) is 7.05 Å². The van der Waals surface area contributed by atoms with E-state index in [2.05, 4.69) is 26.3 Å². The van der Waals surface area contributed by atoms with Gasteiger partial charge in [0.1, 0.15) is 0 Å². The Morgan fingerprint density at radius 1 is 1.47 bits per heavy atom. The number of aromatic nitrogens is 2. The molecule has 0 aliphatic rings. The first kappa shape index (κ1) is 14.0. The van der Waals surface area contributed by atoms with Crippen molar-refractivity contribution in [3.05, 3.63) is 45.9 Å². The molecule has 0 aliphatic heterocycles. The van der Waals surface area contributed by atoms with Crippen LogP contribution in [0.25, 0.3) is 0 Å². The standard InChI is InChI=1S/C13H15BrFN3O/c1-16-12(13-9(14)7-17-18(13)2)8-4-5-11(19-3)10(15)6-8/h4-7,12,16H,1-3H3. The monoisotopic (exact) mass is 327 g/mol. The van der Waals surface area contributed by atoms with Gasteiger partial charge < -0.3 is 10.1 Å². The molecule has 0 spiro atoms. The van der Waals surface area contributed by atoms with E-state index >= 15 is 0 Å². The molecule has 1 atom stereocenters. The lowest BCUT2D eigenvalue weighted by Gasteiger charge is -2.18. The second-order valence-electron chi connectivity index (χ2n) is 4.12. The summed E-state index contributed by atoms with van der Waals surface area (Å²) in [6.07, 6.45) is 1.72. The predicted octanol–water partition coefficient (Wildman–Crippen LogP) is 2.64. The van der Waals surface area contributed by atoms with Crippen molar-refractivity contribution in [2.75, 3.05) is 14.2 Å². The summed E-state index contributed by atoms with van der Waals surface area (Å²) in [6.45, 7) is 0. The van der Waals surface area contributed by atoms with Crippen LogP contribution in [0.4, 0.5) is 4.39 Å². The highest BCUT2D eigenvalue weighted by Gasteiger charge is 2.20. The fourth-order valence-electron chi connectivity index (χ4n) is 2.07. The molecule has 0 saturated heterocycles. The normalized spacial score (nSPS) is 12.5. The fourth-order valence-corrected chi connectivity index (χ4v) is 2.65. The fraction of sp³-hybridized carbons (Fsp3) is 0.308. The molecular formula is C13H15BrFN3O. The summed E-state index contributed by atoms with van der Waals surface area (Å²) in [5.74, 6) is -0.138. The Labute approximate surface area is 119 Å². The Morgan fingerprint density at radius 2 is 2.21 bits per heavy atom. The van der Waals surface area contributed by atoms with Gasteiger partial charge in [0.05, 0.1) is 29.5 Å². The van der Waals surface area contributed by atoms with Gasteiger partial charge in [0.25, 0.3) is 0 Å². The highest BCUT2D eigenvalue weighted by molar-refractivity contribution is 9.10. The number of benzene rings is 1. The molecule has 2 aromatic rings. The van der Waals surface area contributed by atoms with Crippen LogP contribution in [0.2, 0.25) is 0 Å². The lowest BCUT2D eigenvalue weighted by molar-refractivity contribution is 0.385. The van der Waals surface area contributed by atoms with Crippen molar-refractivity contribution in [1.82, 2.24) is 15.1 Å². The number of hydrogen-bond acceptors (Lipinski definition) is 3. The maximum atomic E-state index is 13.8. The number of hydrogen-bond donors (Lipinski definition) is 1. The molecule has 102 valence electrons. The highest BCUT2D eigenvalue weighted by atomic mass is 79.9. The lowest BCUT2D eigenvalue weighted by Crippen LogP contribution is -2.21. The topological polar surface area (TPSA) is 39.1 Å². The zero-order chi connectivity index (χ0) is 14.0. The second-order valence-corrected chi connectivity index (χ2v) is 4.97. The first-order valence-corrected chi connectivity index (χ1v) is 6.56. The van der Waals surface area contributed by atoms with Crippen LogP contribution in [0, 0.1) is 5.82 Å². The first-order valence-electron chi connectivity index (χ1n) is 5.76. The molecule has 2 rings (SSSR count). The van der Waals surface area contributed by atoms with E-state index in [4.69, 9.17) is 4.74 Å². The maximum Gasteiger partial charge on any atom is 0.165 e. The largest absolute Gasteiger partial charge is 0.494 e. The molecule has 1 aromatic heterocycles. The molecule has 0 fully saturated rings. The smallest absolute Gasteiger partial charge is 0.165 e. The molecule has 6 heteroatoms. The summed E-state index contributed by atoms with van der Waals surface area (Å²) >= 11 is 3.46. The molecule has 1 N–H and O–H groups in total. The van der Waals surface area contributed by atoms with Crippen LogP contribution in [-0.4, -0.2) is 23.9 Å². The molecule has 0 amide bonds. The number of ether oxygens (including phenoxy) is 1. The van der Waals surface area contributed by atoms with Gasteiger partial charge in [-0.1, -0.05) is 6.07 Å². The summed E-state index contributed by atoms with van der Waals surface area (Å²) in [7, 11) is 5.13. The number of aryl methyl sites for hydroxylation is 1. The van der Waals surface area contributed by atoms with E-state index in [1.165, 1.54) is 13.2 Å². The number of nitrogens with zero attached hydrogens (tertiary/aromatic N) is 2. The number of methoxy groups -OCH3 is 1. The van der Waals surface area contributed by atoms with Crippen molar-refractivity contribution in [3.8, 4) is 5.75 Å². The Hall–Kier alpha value is -1.40. The third kappa shape index (κ3) is 2.64. The van der Waals surface area contributed by atoms with Crippen molar-refractivity contribution < 1.29 is 9.13 Å². The van der Waals surface area contributed by atoms with Gasteiger partial charge in [-0.05, 0) is 40.7 Å². The van der Waals surface area contributed by atoms with Gasteiger partial charge in [-0.2, -0.15) is 5.10 Å². The molecule has 1 unspecified atom stereocenters. The number of halogens is 2. The summed E-state index contributed by atoms with van der Waals surface area (Å²) in [6, 6.07) is 4.78.